The van der Waals surface area contributed by atoms with Crippen molar-refractivity contribution in [3.05, 3.63) is 23.9 Å². The van der Waals surface area contributed by atoms with E-state index in [2.05, 4.69) is 4.98 Å². The van der Waals surface area contributed by atoms with Crippen molar-refractivity contribution in [2.75, 3.05) is 18.9 Å². The molecule has 1 saturated heterocycles. The molecular weight excluding hydrogens is 192 g/mol. The normalized spacial score (nSPS) is 20.4. The van der Waals surface area contributed by atoms with Crippen LogP contribution in [0.15, 0.2) is 18.3 Å². The fourth-order valence-electron chi connectivity index (χ4n) is 1.72. The molecule has 1 aliphatic heterocycles. The first-order valence-corrected chi connectivity index (χ1v) is 5.07. The number of carbonyl (C=O) groups is 1. The van der Waals surface area contributed by atoms with Crippen LogP contribution < -0.4 is 5.73 Å². The van der Waals surface area contributed by atoms with E-state index in [9.17, 15) is 4.79 Å². The summed E-state index contributed by atoms with van der Waals surface area (Å²) in [7, 11) is 0. The summed E-state index contributed by atoms with van der Waals surface area (Å²) in [6.45, 7) is 1.25. The third kappa shape index (κ3) is 2.33. The molecule has 0 aromatic carbocycles. The number of anilines is 1. The number of nitrogens with zero attached hydrogens (tertiary/aromatic N) is 1. The van der Waals surface area contributed by atoms with E-state index >= 15 is 0 Å². The maximum atomic E-state index is 11.8. The van der Waals surface area contributed by atoms with Gasteiger partial charge in [-0.05, 0) is 12.5 Å². The van der Waals surface area contributed by atoms with Crippen LogP contribution in [0.2, 0.25) is 0 Å². The number of hydrogen-bond donors (Lipinski definition) is 1. The number of ketones is 1. The van der Waals surface area contributed by atoms with Crippen molar-refractivity contribution >= 4 is 11.6 Å². The van der Waals surface area contributed by atoms with Crippen LogP contribution in [0.4, 0.5) is 5.82 Å². The number of carbonyl (C=O) groups excluding carboxylic acids is 1. The fourth-order valence-corrected chi connectivity index (χ4v) is 1.72. The van der Waals surface area contributed by atoms with E-state index in [0.717, 1.165) is 12.0 Å². The number of nitrogens with two attached hydrogens (primary N) is 1. The van der Waals surface area contributed by atoms with Crippen LogP contribution in [0, 0.1) is 5.92 Å². The number of Topliss-reactive ketones (excluding diaryl/α,β-unsaturated/α-hetero) is 1. The number of ether oxygens (including phenoxy) is 1. The van der Waals surface area contributed by atoms with Gasteiger partial charge in [-0.3, -0.25) is 4.79 Å². The van der Waals surface area contributed by atoms with Gasteiger partial charge in [-0.25, -0.2) is 4.98 Å². The van der Waals surface area contributed by atoms with Crippen LogP contribution in [-0.2, 0) is 16.0 Å². The molecule has 1 aliphatic rings. The molecule has 1 atom stereocenters. The van der Waals surface area contributed by atoms with Crippen LogP contribution in [0.5, 0.6) is 0 Å². The molecule has 4 heteroatoms. The standard InChI is InChI=1S/C11H14N2O2/c12-11-8(2-1-4-13-11)6-10(14)9-3-5-15-7-9/h1-2,4,9H,3,5-7H2,(H2,12,13). The molecule has 1 fully saturated rings. The molecule has 0 bridgehead atoms. The third-order valence-electron chi connectivity index (χ3n) is 2.68. The molecule has 0 aliphatic carbocycles. The minimum Gasteiger partial charge on any atom is -0.383 e. The lowest BCUT2D eigenvalue weighted by Crippen LogP contribution is -2.17. The first-order valence-electron chi connectivity index (χ1n) is 5.07. The molecule has 1 aromatic rings. The van der Waals surface area contributed by atoms with Gasteiger partial charge in [0.25, 0.3) is 0 Å². The molecule has 0 amide bonds. The molecule has 2 rings (SSSR count). The second-order valence-electron chi connectivity index (χ2n) is 3.75. The Morgan fingerprint density at radius 1 is 1.67 bits per heavy atom. The highest BCUT2D eigenvalue weighted by molar-refractivity contribution is 5.84. The SMILES string of the molecule is Nc1ncccc1CC(=O)C1CCOC1. The number of pyridine rings is 1. The van der Waals surface area contributed by atoms with Gasteiger partial charge in [-0.1, -0.05) is 6.07 Å². The van der Waals surface area contributed by atoms with E-state index in [1.807, 2.05) is 6.07 Å². The minimum atomic E-state index is 0.0459. The lowest BCUT2D eigenvalue weighted by atomic mass is 9.98. The first kappa shape index (κ1) is 10.1. The summed E-state index contributed by atoms with van der Waals surface area (Å²) in [6, 6.07) is 3.64. The Hall–Kier alpha value is -1.42. The molecule has 1 aromatic heterocycles. The summed E-state index contributed by atoms with van der Waals surface area (Å²) >= 11 is 0. The zero-order valence-electron chi connectivity index (χ0n) is 8.48. The van der Waals surface area contributed by atoms with Crippen molar-refractivity contribution in [2.24, 2.45) is 5.92 Å². The molecule has 1 unspecified atom stereocenters. The smallest absolute Gasteiger partial charge is 0.142 e. The average molecular weight is 206 g/mol. The monoisotopic (exact) mass is 206 g/mol. The number of nitrogen functional groups attached to an aromatic ring is 1. The van der Waals surface area contributed by atoms with E-state index in [4.69, 9.17) is 10.5 Å². The van der Waals surface area contributed by atoms with Crippen molar-refractivity contribution in [2.45, 2.75) is 12.8 Å². The van der Waals surface area contributed by atoms with Crippen LogP contribution >= 0.6 is 0 Å². The Balaban J connectivity index is 2.02. The second-order valence-corrected chi connectivity index (χ2v) is 3.75. The van der Waals surface area contributed by atoms with Gasteiger partial charge in [0.15, 0.2) is 0 Å². The van der Waals surface area contributed by atoms with Gasteiger partial charge in [-0.2, -0.15) is 0 Å². The Bertz CT molecular complexity index is 359. The Morgan fingerprint density at radius 3 is 3.20 bits per heavy atom. The summed E-state index contributed by atoms with van der Waals surface area (Å²) in [6.07, 6.45) is 2.83. The van der Waals surface area contributed by atoms with Gasteiger partial charge in [0.05, 0.1) is 6.61 Å². The highest BCUT2D eigenvalue weighted by Crippen LogP contribution is 2.17. The topological polar surface area (TPSA) is 65.2 Å². The summed E-state index contributed by atoms with van der Waals surface area (Å²) in [5, 5.41) is 0. The zero-order valence-corrected chi connectivity index (χ0v) is 8.48. The zero-order chi connectivity index (χ0) is 10.7. The van der Waals surface area contributed by atoms with Crippen molar-refractivity contribution < 1.29 is 9.53 Å². The molecule has 2 N–H and O–H groups in total. The lowest BCUT2D eigenvalue weighted by molar-refractivity contribution is -0.122. The van der Waals surface area contributed by atoms with E-state index in [-0.39, 0.29) is 11.7 Å². The van der Waals surface area contributed by atoms with Crippen LogP contribution in [-0.4, -0.2) is 24.0 Å². The second kappa shape index (κ2) is 4.40. The van der Waals surface area contributed by atoms with Crippen molar-refractivity contribution in [1.82, 2.24) is 4.98 Å². The molecule has 4 nitrogen and oxygen atoms in total. The Morgan fingerprint density at radius 2 is 2.53 bits per heavy atom. The van der Waals surface area contributed by atoms with E-state index in [0.29, 0.717) is 25.5 Å². The Labute approximate surface area is 88.4 Å². The summed E-state index contributed by atoms with van der Waals surface area (Å²) in [5.41, 5.74) is 6.49. The Kier molecular flexibility index (Phi) is 2.97. The van der Waals surface area contributed by atoms with Gasteiger partial charge in [0.2, 0.25) is 0 Å². The lowest BCUT2D eigenvalue weighted by Gasteiger charge is -2.07. The summed E-state index contributed by atoms with van der Waals surface area (Å²) in [5.74, 6) is 0.696. The van der Waals surface area contributed by atoms with Crippen molar-refractivity contribution in [3.8, 4) is 0 Å². The molecule has 2 heterocycles. The molecule has 0 radical (unpaired) electrons. The molecule has 15 heavy (non-hydrogen) atoms. The maximum absolute atomic E-state index is 11.8. The number of aromatic nitrogens is 1. The van der Waals surface area contributed by atoms with Crippen molar-refractivity contribution in [3.63, 3.8) is 0 Å². The predicted molar refractivity (Wildman–Crippen MR) is 56.3 cm³/mol. The van der Waals surface area contributed by atoms with E-state index in [1.54, 1.807) is 12.3 Å². The van der Waals surface area contributed by atoms with E-state index in [1.165, 1.54) is 0 Å². The highest BCUT2D eigenvalue weighted by Gasteiger charge is 2.23. The van der Waals surface area contributed by atoms with Gasteiger partial charge in [0.1, 0.15) is 11.6 Å². The number of hydrogen-bond acceptors (Lipinski definition) is 4. The summed E-state index contributed by atoms with van der Waals surface area (Å²) in [4.78, 5) is 15.8. The maximum Gasteiger partial charge on any atom is 0.142 e. The van der Waals surface area contributed by atoms with Crippen LogP contribution in [0.25, 0.3) is 0 Å². The van der Waals surface area contributed by atoms with Crippen molar-refractivity contribution in [1.29, 1.82) is 0 Å². The van der Waals surface area contributed by atoms with Gasteiger partial charge in [0, 0.05) is 30.7 Å². The van der Waals surface area contributed by atoms with Gasteiger partial charge >= 0.3 is 0 Å². The average Bonchev–Trinajstić information content (AvgIpc) is 2.74. The molecule has 0 saturated carbocycles. The highest BCUT2D eigenvalue weighted by atomic mass is 16.5. The predicted octanol–water partition coefficient (Wildman–Crippen LogP) is 0.812. The minimum absolute atomic E-state index is 0.0459. The summed E-state index contributed by atoms with van der Waals surface area (Å²) < 4.78 is 5.18. The van der Waals surface area contributed by atoms with E-state index < -0.39 is 0 Å². The first-order chi connectivity index (χ1) is 7.27. The van der Waals surface area contributed by atoms with Crippen LogP contribution in [0.1, 0.15) is 12.0 Å². The third-order valence-corrected chi connectivity index (χ3v) is 2.68. The van der Waals surface area contributed by atoms with Crippen LogP contribution in [0.3, 0.4) is 0 Å². The largest absolute Gasteiger partial charge is 0.383 e. The fraction of sp³-hybridized carbons (Fsp3) is 0.455. The number of rotatable bonds is 3. The molecular formula is C11H14N2O2. The van der Waals surface area contributed by atoms with Gasteiger partial charge < -0.3 is 10.5 Å². The van der Waals surface area contributed by atoms with Gasteiger partial charge in [-0.15, -0.1) is 0 Å². The quantitative estimate of drug-likeness (QED) is 0.794. The molecule has 80 valence electrons. The molecule has 0 spiro atoms.